The van der Waals surface area contributed by atoms with Crippen LogP contribution in [-0.4, -0.2) is 29.0 Å². The number of rotatable bonds is 3. The molecular weight excluding hydrogens is 248 g/mol. The van der Waals surface area contributed by atoms with Gasteiger partial charge in [-0.2, -0.15) is 10.2 Å². The zero-order valence-corrected chi connectivity index (χ0v) is 9.89. The van der Waals surface area contributed by atoms with Crippen molar-refractivity contribution < 1.29 is 4.79 Å². The van der Waals surface area contributed by atoms with Crippen molar-refractivity contribution in [3.63, 3.8) is 0 Å². The lowest BCUT2D eigenvalue weighted by Gasteiger charge is -2.14. The molecule has 0 spiro atoms. The first kappa shape index (κ1) is 12.6. The van der Waals surface area contributed by atoms with Crippen molar-refractivity contribution in [2.75, 3.05) is 23.7 Å². The van der Waals surface area contributed by atoms with Gasteiger partial charge in [0, 0.05) is 24.4 Å². The van der Waals surface area contributed by atoms with Crippen LogP contribution in [-0.2, 0) is 4.79 Å². The van der Waals surface area contributed by atoms with Crippen LogP contribution in [0.2, 0.25) is 0 Å². The molecule has 2 heterocycles. The summed E-state index contributed by atoms with van der Waals surface area (Å²) >= 11 is 0. The number of hydrogen-bond acceptors (Lipinski definition) is 6. The summed E-state index contributed by atoms with van der Waals surface area (Å²) in [6.07, 6.45) is 1.56. The highest BCUT2D eigenvalue weighted by atomic mass is 16.2. The number of carbonyl (C=O) groups is 1. The Labute approximate surface area is 108 Å². The van der Waals surface area contributed by atoms with E-state index in [0.717, 1.165) is 0 Å². The molecule has 1 unspecified atom stereocenters. The van der Waals surface area contributed by atoms with E-state index in [1.54, 1.807) is 0 Å². The molecule has 2 rings (SSSR count). The molecule has 19 heavy (non-hydrogen) atoms. The molecule has 9 heteroatoms. The highest BCUT2D eigenvalue weighted by molar-refractivity contribution is 5.94. The average Bonchev–Trinajstić information content (AvgIpc) is 2.77. The molecule has 9 nitrogen and oxygen atoms in total. The minimum atomic E-state index is -0.151. The molecule has 1 aliphatic rings. The minimum Gasteiger partial charge on any atom is -0.382 e. The van der Waals surface area contributed by atoms with Crippen LogP contribution < -0.4 is 10.6 Å². The summed E-state index contributed by atoms with van der Waals surface area (Å²) in [5.74, 6) is 0.00912. The van der Waals surface area contributed by atoms with Crippen molar-refractivity contribution in [1.29, 1.82) is 5.26 Å². The molecule has 1 fully saturated rings. The van der Waals surface area contributed by atoms with Gasteiger partial charge in [0.25, 0.3) is 0 Å². The maximum absolute atomic E-state index is 11.8. The molecule has 1 atom stereocenters. The van der Waals surface area contributed by atoms with E-state index in [-0.39, 0.29) is 42.1 Å². The maximum Gasteiger partial charge on any atom is 0.234 e. The van der Waals surface area contributed by atoms with Gasteiger partial charge in [-0.05, 0) is 11.4 Å². The largest absolute Gasteiger partial charge is 0.382 e. The Morgan fingerprint density at radius 3 is 3.16 bits per heavy atom. The van der Waals surface area contributed by atoms with Crippen molar-refractivity contribution in [1.82, 2.24) is 9.97 Å². The monoisotopic (exact) mass is 258 g/mol. The Kier molecular flexibility index (Phi) is 3.45. The van der Waals surface area contributed by atoms with Crippen molar-refractivity contribution in [3.8, 4) is 6.07 Å². The van der Waals surface area contributed by atoms with E-state index >= 15 is 0 Å². The molecule has 1 aliphatic heterocycles. The number of nitrogen functional groups attached to an aromatic ring is 1. The molecular formula is C10H10N8O. The normalized spacial score (nSPS) is 17.9. The molecule has 0 saturated carbocycles. The SMILES string of the molecule is N#Cc1cnc(N2CC(CN=[N+]=[N-])CC2=O)nc1N. The molecule has 0 bridgehead atoms. The zero-order chi connectivity index (χ0) is 13.8. The van der Waals surface area contributed by atoms with Gasteiger partial charge in [0.2, 0.25) is 11.9 Å². The fraction of sp³-hybridized carbons (Fsp3) is 0.400. The topological polar surface area (TPSA) is 145 Å². The van der Waals surface area contributed by atoms with E-state index in [1.165, 1.54) is 11.1 Å². The van der Waals surface area contributed by atoms with Gasteiger partial charge in [0.15, 0.2) is 0 Å². The van der Waals surface area contributed by atoms with Gasteiger partial charge >= 0.3 is 0 Å². The van der Waals surface area contributed by atoms with Gasteiger partial charge in [-0.15, -0.1) is 0 Å². The number of azide groups is 1. The summed E-state index contributed by atoms with van der Waals surface area (Å²) < 4.78 is 0. The Bertz CT molecular complexity index is 600. The zero-order valence-electron chi connectivity index (χ0n) is 9.89. The van der Waals surface area contributed by atoms with Crippen LogP contribution in [0.3, 0.4) is 0 Å². The molecule has 0 radical (unpaired) electrons. The van der Waals surface area contributed by atoms with Gasteiger partial charge in [0.05, 0.1) is 6.20 Å². The summed E-state index contributed by atoms with van der Waals surface area (Å²) in [7, 11) is 0. The number of aromatic nitrogens is 2. The van der Waals surface area contributed by atoms with E-state index in [4.69, 9.17) is 16.5 Å². The predicted molar refractivity (Wildman–Crippen MR) is 65.6 cm³/mol. The standard InChI is InChI=1S/C10H10N8O/c11-2-7-4-14-10(16-9(7)12)18-5-6(1-8(18)19)3-15-17-13/h4,6H,1,3,5H2,(H2,12,14,16). The van der Waals surface area contributed by atoms with Gasteiger partial charge < -0.3 is 5.73 Å². The number of hydrogen-bond donors (Lipinski definition) is 1. The third kappa shape index (κ3) is 2.53. The second kappa shape index (κ2) is 5.20. The Morgan fingerprint density at radius 1 is 1.74 bits per heavy atom. The molecule has 96 valence electrons. The van der Waals surface area contributed by atoms with E-state index < -0.39 is 0 Å². The van der Waals surface area contributed by atoms with E-state index in [2.05, 4.69) is 20.0 Å². The van der Waals surface area contributed by atoms with Gasteiger partial charge in [-0.25, -0.2) is 4.98 Å². The fourth-order valence-corrected chi connectivity index (χ4v) is 1.85. The number of anilines is 2. The first-order chi connectivity index (χ1) is 9.15. The van der Waals surface area contributed by atoms with Gasteiger partial charge in [-0.3, -0.25) is 9.69 Å². The quantitative estimate of drug-likeness (QED) is 0.479. The molecule has 0 aliphatic carbocycles. The molecule has 2 N–H and O–H groups in total. The van der Waals surface area contributed by atoms with Crippen LogP contribution in [0.4, 0.5) is 11.8 Å². The van der Waals surface area contributed by atoms with Crippen LogP contribution in [0.5, 0.6) is 0 Å². The Morgan fingerprint density at radius 2 is 2.53 bits per heavy atom. The third-order valence-electron chi connectivity index (χ3n) is 2.78. The first-order valence-corrected chi connectivity index (χ1v) is 5.49. The molecule has 1 amide bonds. The first-order valence-electron chi connectivity index (χ1n) is 5.49. The second-order valence-corrected chi connectivity index (χ2v) is 4.07. The lowest BCUT2D eigenvalue weighted by atomic mass is 10.1. The second-order valence-electron chi connectivity index (χ2n) is 4.07. The summed E-state index contributed by atoms with van der Waals surface area (Å²) in [5, 5.41) is 12.2. The number of amides is 1. The number of nitrogens with two attached hydrogens (primary N) is 1. The lowest BCUT2D eigenvalue weighted by molar-refractivity contribution is -0.117. The van der Waals surface area contributed by atoms with Crippen LogP contribution >= 0.6 is 0 Å². The van der Waals surface area contributed by atoms with Crippen molar-refractivity contribution >= 4 is 17.7 Å². The summed E-state index contributed by atoms with van der Waals surface area (Å²) in [6, 6.07) is 1.85. The van der Waals surface area contributed by atoms with Gasteiger partial charge in [-0.1, -0.05) is 5.11 Å². The summed E-state index contributed by atoms with van der Waals surface area (Å²) in [6.45, 7) is 0.633. The predicted octanol–water partition coefficient (Wildman–Crippen LogP) is 0.594. The van der Waals surface area contributed by atoms with Crippen molar-refractivity contribution in [2.24, 2.45) is 11.0 Å². The highest BCUT2D eigenvalue weighted by Crippen LogP contribution is 2.23. The summed E-state index contributed by atoms with van der Waals surface area (Å²) in [5.41, 5.74) is 14.0. The molecule has 1 aromatic heterocycles. The smallest absolute Gasteiger partial charge is 0.234 e. The van der Waals surface area contributed by atoms with Crippen LogP contribution in [0, 0.1) is 17.2 Å². The van der Waals surface area contributed by atoms with Crippen LogP contribution in [0.25, 0.3) is 10.4 Å². The van der Waals surface area contributed by atoms with Gasteiger partial charge in [0.1, 0.15) is 17.5 Å². The van der Waals surface area contributed by atoms with Crippen molar-refractivity contribution in [2.45, 2.75) is 6.42 Å². The lowest BCUT2D eigenvalue weighted by Crippen LogP contribution is -2.27. The summed E-state index contributed by atoms with van der Waals surface area (Å²) in [4.78, 5) is 23.8. The number of carbonyl (C=O) groups excluding carboxylic acids is 1. The number of nitrogens with zero attached hydrogens (tertiary/aromatic N) is 7. The molecule has 1 aromatic rings. The Balaban J connectivity index is 2.19. The minimum absolute atomic E-state index is 0.0406. The fourth-order valence-electron chi connectivity index (χ4n) is 1.85. The van der Waals surface area contributed by atoms with E-state index in [0.29, 0.717) is 6.54 Å². The molecule has 1 saturated heterocycles. The van der Waals surface area contributed by atoms with E-state index in [1.807, 2.05) is 6.07 Å². The molecule has 0 aromatic carbocycles. The van der Waals surface area contributed by atoms with E-state index in [9.17, 15) is 4.79 Å². The van der Waals surface area contributed by atoms with Crippen LogP contribution in [0.1, 0.15) is 12.0 Å². The van der Waals surface area contributed by atoms with Crippen LogP contribution in [0.15, 0.2) is 11.3 Å². The number of nitriles is 1. The maximum atomic E-state index is 11.8. The average molecular weight is 258 g/mol. The van der Waals surface area contributed by atoms with Crippen molar-refractivity contribution in [3.05, 3.63) is 22.2 Å². The highest BCUT2D eigenvalue weighted by Gasteiger charge is 2.31. The third-order valence-corrected chi connectivity index (χ3v) is 2.78. The Hall–Kier alpha value is -2.85.